The third kappa shape index (κ3) is 3.83. The molecule has 2 atom stereocenters. The molecule has 23 heavy (non-hydrogen) atoms. The third-order valence-electron chi connectivity index (χ3n) is 4.04. The number of anilines is 1. The van der Waals surface area contributed by atoms with E-state index in [1.165, 1.54) is 0 Å². The van der Waals surface area contributed by atoms with E-state index < -0.39 is 0 Å². The summed E-state index contributed by atoms with van der Waals surface area (Å²) in [6.45, 7) is 1.47. The Kier molecular flexibility index (Phi) is 5.63. The highest BCUT2D eigenvalue weighted by Crippen LogP contribution is 2.29. The molecular weight excluding hydrogens is 316 g/mol. The lowest BCUT2D eigenvalue weighted by Gasteiger charge is -2.17. The van der Waals surface area contributed by atoms with Crippen LogP contribution in [-0.4, -0.2) is 35.9 Å². The lowest BCUT2D eigenvalue weighted by molar-refractivity contribution is -0.119. The van der Waals surface area contributed by atoms with Crippen molar-refractivity contribution in [3.05, 3.63) is 42.2 Å². The number of hydrogen-bond acceptors (Lipinski definition) is 4. The van der Waals surface area contributed by atoms with Crippen LogP contribution in [0.1, 0.15) is 11.5 Å². The molecule has 1 saturated heterocycles. The van der Waals surface area contributed by atoms with Gasteiger partial charge in [0.25, 0.3) is 0 Å². The molecule has 0 aliphatic carbocycles. The number of ether oxygens (including phenoxy) is 1. The second-order valence-corrected chi connectivity index (χ2v) is 5.54. The number of nitrogens with zero attached hydrogens (tertiary/aromatic N) is 2. The van der Waals surface area contributed by atoms with Gasteiger partial charge in [-0.05, 0) is 17.7 Å². The first-order valence-electron chi connectivity index (χ1n) is 7.31. The smallest absolute Gasteiger partial charge is 0.229 e. The van der Waals surface area contributed by atoms with Crippen molar-refractivity contribution in [1.82, 2.24) is 15.1 Å². The molecule has 1 aliphatic heterocycles. The fourth-order valence-electron chi connectivity index (χ4n) is 2.87. The fourth-order valence-corrected chi connectivity index (χ4v) is 2.87. The van der Waals surface area contributed by atoms with Gasteiger partial charge in [-0.2, -0.15) is 5.10 Å². The summed E-state index contributed by atoms with van der Waals surface area (Å²) in [7, 11) is 3.50. The van der Waals surface area contributed by atoms with Crippen LogP contribution in [0.25, 0.3) is 0 Å². The van der Waals surface area contributed by atoms with E-state index in [0.717, 1.165) is 23.5 Å². The van der Waals surface area contributed by atoms with Crippen LogP contribution in [0.4, 0.5) is 5.69 Å². The fraction of sp³-hybridized carbons (Fsp3) is 0.375. The van der Waals surface area contributed by atoms with E-state index in [2.05, 4.69) is 15.7 Å². The van der Waals surface area contributed by atoms with Crippen molar-refractivity contribution in [2.45, 2.75) is 5.92 Å². The van der Waals surface area contributed by atoms with Crippen molar-refractivity contribution in [1.29, 1.82) is 0 Å². The Morgan fingerprint density at radius 3 is 2.96 bits per heavy atom. The molecule has 0 bridgehead atoms. The van der Waals surface area contributed by atoms with Crippen molar-refractivity contribution < 1.29 is 9.53 Å². The number of carbonyl (C=O) groups excluding carboxylic acids is 1. The molecule has 7 heteroatoms. The number of rotatable bonds is 4. The Hall–Kier alpha value is -2.05. The van der Waals surface area contributed by atoms with E-state index in [4.69, 9.17) is 4.74 Å². The summed E-state index contributed by atoms with van der Waals surface area (Å²) in [5, 5.41) is 10.5. The van der Waals surface area contributed by atoms with Gasteiger partial charge in [0.05, 0.1) is 19.2 Å². The van der Waals surface area contributed by atoms with Crippen LogP contribution < -0.4 is 15.4 Å². The lowest BCUT2D eigenvalue weighted by atomic mass is 9.90. The standard InChI is InChI=1S/C16H20N4O2.ClH/c1-20-10-11(7-18-20)14-8-17-9-15(14)16(21)19-12-4-3-5-13(6-12)22-2;/h3-7,10,14-15,17H,8-9H2,1-2H3,(H,19,21);1H/t14-,15+;/m1./s1. The van der Waals surface area contributed by atoms with E-state index in [0.29, 0.717) is 6.54 Å². The average Bonchev–Trinajstić information content (AvgIpc) is 3.15. The third-order valence-corrected chi connectivity index (χ3v) is 4.04. The van der Waals surface area contributed by atoms with Gasteiger partial charge in [-0.25, -0.2) is 0 Å². The van der Waals surface area contributed by atoms with Crippen molar-refractivity contribution in [2.75, 3.05) is 25.5 Å². The summed E-state index contributed by atoms with van der Waals surface area (Å²) in [5.74, 6) is 0.799. The molecule has 6 nitrogen and oxygen atoms in total. The monoisotopic (exact) mass is 336 g/mol. The van der Waals surface area contributed by atoms with E-state index in [1.807, 2.05) is 43.7 Å². The number of benzene rings is 1. The van der Waals surface area contributed by atoms with E-state index in [-0.39, 0.29) is 30.2 Å². The summed E-state index contributed by atoms with van der Waals surface area (Å²) in [5.41, 5.74) is 1.85. The van der Waals surface area contributed by atoms with Crippen molar-refractivity contribution in [3.63, 3.8) is 0 Å². The summed E-state index contributed by atoms with van der Waals surface area (Å²) >= 11 is 0. The maximum atomic E-state index is 12.6. The molecule has 0 unspecified atom stereocenters. The number of methoxy groups -OCH3 is 1. The van der Waals surface area contributed by atoms with Crippen LogP contribution in [0, 0.1) is 5.92 Å². The van der Waals surface area contributed by atoms with Crippen molar-refractivity contribution >= 4 is 24.0 Å². The van der Waals surface area contributed by atoms with Crippen LogP contribution >= 0.6 is 12.4 Å². The first kappa shape index (κ1) is 17.3. The van der Waals surface area contributed by atoms with Gasteiger partial charge in [-0.15, -0.1) is 12.4 Å². The molecule has 0 saturated carbocycles. The van der Waals surface area contributed by atoms with Crippen LogP contribution in [0.2, 0.25) is 0 Å². The Bertz CT molecular complexity index is 674. The first-order chi connectivity index (χ1) is 10.7. The predicted molar refractivity (Wildman–Crippen MR) is 91.2 cm³/mol. The van der Waals surface area contributed by atoms with Gasteiger partial charge in [0, 0.05) is 44.0 Å². The minimum atomic E-state index is -0.101. The second-order valence-electron chi connectivity index (χ2n) is 5.54. The average molecular weight is 337 g/mol. The van der Waals surface area contributed by atoms with E-state index in [9.17, 15) is 4.79 Å². The van der Waals surface area contributed by atoms with Crippen molar-refractivity contribution in [3.8, 4) is 5.75 Å². The Morgan fingerprint density at radius 1 is 1.43 bits per heavy atom. The minimum absolute atomic E-state index is 0. The zero-order valence-electron chi connectivity index (χ0n) is 13.2. The van der Waals surface area contributed by atoms with Gasteiger partial charge in [0.1, 0.15) is 5.75 Å². The Balaban J connectivity index is 0.00000192. The highest BCUT2D eigenvalue weighted by Gasteiger charge is 2.34. The number of hydrogen-bond donors (Lipinski definition) is 2. The van der Waals surface area contributed by atoms with E-state index >= 15 is 0 Å². The van der Waals surface area contributed by atoms with Crippen molar-refractivity contribution in [2.24, 2.45) is 13.0 Å². The molecule has 1 amide bonds. The number of aromatic nitrogens is 2. The van der Waals surface area contributed by atoms with Gasteiger partial charge in [-0.1, -0.05) is 6.07 Å². The maximum Gasteiger partial charge on any atom is 0.229 e. The van der Waals surface area contributed by atoms with Gasteiger partial charge in [0.15, 0.2) is 0 Å². The van der Waals surface area contributed by atoms with Crippen LogP contribution in [-0.2, 0) is 11.8 Å². The Morgan fingerprint density at radius 2 is 2.26 bits per heavy atom. The maximum absolute atomic E-state index is 12.6. The molecule has 124 valence electrons. The van der Waals surface area contributed by atoms with Gasteiger partial charge >= 0.3 is 0 Å². The first-order valence-corrected chi connectivity index (χ1v) is 7.31. The molecule has 1 aromatic carbocycles. The van der Waals surface area contributed by atoms with Gasteiger partial charge in [-0.3, -0.25) is 9.48 Å². The minimum Gasteiger partial charge on any atom is -0.497 e. The van der Waals surface area contributed by atoms with Crippen LogP contribution in [0.5, 0.6) is 5.75 Å². The molecule has 2 heterocycles. The zero-order chi connectivity index (χ0) is 15.5. The predicted octanol–water partition coefficient (Wildman–Crippen LogP) is 1.79. The normalized spacial score (nSPS) is 19.9. The van der Waals surface area contributed by atoms with Crippen LogP contribution in [0.15, 0.2) is 36.7 Å². The largest absolute Gasteiger partial charge is 0.497 e. The zero-order valence-corrected chi connectivity index (χ0v) is 14.0. The molecule has 1 aromatic heterocycles. The molecule has 3 rings (SSSR count). The SMILES string of the molecule is COc1cccc(NC(=O)[C@H]2CNC[C@@H]2c2cnn(C)c2)c1.Cl. The highest BCUT2D eigenvalue weighted by molar-refractivity contribution is 5.93. The molecule has 2 aromatic rings. The topological polar surface area (TPSA) is 68.2 Å². The molecular formula is C16H21ClN4O2. The molecule has 0 radical (unpaired) electrons. The quantitative estimate of drug-likeness (QED) is 0.893. The Labute approximate surface area is 141 Å². The van der Waals surface area contributed by atoms with E-state index in [1.54, 1.807) is 11.8 Å². The molecule has 1 fully saturated rings. The molecule has 0 spiro atoms. The lowest BCUT2D eigenvalue weighted by Crippen LogP contribution is -2.28. The number of nitrogens with one attached hydrogen (secondary N) is 2. The number of aryl methyl sites for hydroxylation is 1. The summed E-state index contributed by atoms with van der Waals surface area (Å²) in [6.07, 6.45) is 3.81. The second kappa shape index (κ2) is 7.48. The van der Waals surface area contributed by atoms with Gasteiger partial charge in [0.2, 0.25) is 5.91 Å². The number of amides is 1. The molecule has 2 N–H and O–H groups in total. The summed E-state index contributed by atoms with van der Waals surface area (Å²) < 4.78 is 6.95. The van der Waals surface area contributed by atoms with Crippen LogP contribution in [0.3, 0.4) is 0 Å². The summed E-state index contributed by atoms with van der Waals surface area (Å²) in [4.78, 5) is 12.6. The van der Waals surface area contributed by atoms with Gasteiger partial charge < -0.3 is 15.4 Å². The molecule has 1 aliphatic rings. The number of carbonyl (C=O) groups is 1. The summed E-state index contributed by atoms with van der Waals surface area (Å²) in [6, 6.07) is 7.40. The number of halogens is 1. The highest BCUT2D eigenvalue weighted by atomic mass is 35.5.